The Morgan fingerprint density at radius 2 is 1.15 bits per heavy atom. The summed E-state index contributed by atoms with van der Waals surface area (Å²) in [5.41, 5.74) is 16.8. The molecule has 2 unspecified atom stereocenters. The Balaban J connectivity index is 1.12. The van der Waals surface area contributed by atoms with Gasteiger partial charge < -0.3 is 10.6 Å². The highest BCUT2D eigenvalue weighted by molar-refractivity contribution is 5.96. The van der Waals surface area contributed by atoms with Crippen LogP contribution in [0.5, 0.6) is 0 Å². The van der Waals surface area contributed by atoms with E-state index in [0.29, 0.717) is 0 Å². The topological polar surface area (TPSA) is 37.0 Å². The van der Waals surface area contributed by atoms with Gasteiger partial charge in [0.05, 0.1) is 23.5 Å². The SMILES string of the molecule is Cc1ccccc1NC(Cc1ccccc1)c1cccc(-c2nc(-c3cccc(C4/C=C\C=C/Cc5ccccc5N4)c3)c(-c3ccc4ccccc4c3)cc2-c2ccc3ccccc3c2)c1. The fraction of sp³-hybridized carbons (Fsp3) is 0.0781. The number of pyridine rings is 1. The zero-order valence-electron chi connectivity index (χ0n) is 37.6. The highest BCUT2D eigenvalue weighted by Crippen LogP contribution is 2.43. The second-order valence-corrected chi connectivity index (χ2v) is 17.7. The normalized spacial score (nSPS) is 14.8. The van der Waals surface area contributed by atoms with Crippen LogP contribution in [0.2, 0.25) is 0 Å². The zero-order chi connectivity index (χ0) is 44.9. The van der Waals surface area contributed by atoms with Gasteiger partial charge in [0.25, 0.3) is 0 Å². The molecule has 3 heteroatoms. The fourth-order valence-electron chi connectivity index (χ4n) is 9.61. The monoisotopic (exact) mass is 861 g/mol. The van der Waals surface area contributed by atoms with E-state index in [0.717, 1.165) is 69.0 Å². The molecule has 0 bridgehead atoms. The maximum atomic E-state index is 5.91. The smallest absolute Gasteiger partial charge is 0.0788 e. The van der Waals surface area contributed by atoms with Crippen molar-refractivity contribution in [2.75, 3.05) is 10.6 Å². The summed E-state index contributed by atoms with van der Waals surface area (Å²) in [5.74, 6) is 0. The van der Waals surface area contributed by atoms with Gasteiger partial charge in [0.1, 0.15) is 0 Å². The molecule has 9 aromatic carbocycles. The third-order valence-electron chi connectivity index (χ3n) is 13.2. The van der Waals surface area contributed by atoms with Gasteiger partial charge in [-0.3, -0.25) is 0 Å². The number of para-hydroxylation sites is 2. The largest absolute Gasteiger partial charge is 0.378 e. The van der Waals surface area contributed by atoms with E-state index in [4.69, 9.17) is 4.98 Å². The number of benzene rings is 9. The lowest BCUT2D eigenvalue weighted by molar-refractivity contribution is 0.774. The van der Waals surface area contributed by atoms with E-state index in [1.807, 2.05) is 0 Å². The van der Waals surface area contributed by atoms with E-state index in [1.54, 1.807) is 0 Å². The van der Waals surface area contributed by atoms with Crippen LogP contribution in [0, 0.1) is 6.92 Å². The van der Waals surface area contributed by atoms with E-state index in [2.05, 4.69) is 260 Å². The van der Waals surface area contributed by atoms with E-state index in [-0.39, 0.29) is 12.1 Å². The fourth-order valence-corrected chi connectivity index (χ4v) is 9.61. The van der Waals surface area contributed by atoms with Gasteiger partial charge in [-0.05, 0) is 123 Å². The molecular formula is C64H51N3. The van der Waals surface area contributed by atoms with Crippen LogP contribution in [-0.2, 0) is 12.8 Å². The minimum atomic E-state index is -0.0525. The molecule has 1 aliphatic rings. The Morgan fingerprint density at radius 3 is 1.88 bits per heavy atom. The van der Waals surface area contributed by atoms with Crippen molar-refractivity contribution in [1.29, 1.82) is 0 Å². The average Bonchev–Trinajstić information content (AvgIpc) is 3.49. The Morgan fingerprint density at radius 1 is 0.522 bits per heavy atom. The quantitative estimate of drug-likeness (QED) is 0.144. The maximum absolute atomic E-state index is 5.91. The Kier molecular flexibility index (Phi) is 11.6. The molecule has 67 heavy (non-hydrogen) atoms. The van der Waals surface area contributed by atoms with E-state index >= 15 is 0 Å². The van der Waals surface area contributed by atoms with E-state index in [9.17, 15) is 0 Å². The molecule has 0 amide bonds. The highest BCUT2D eigenvalue weighted by Gasteiger charge is 2.22. The molecule has 2 N–H and O–H groups in total. The summed E-state index contributed by atoms with van der Waals surface area (Å²) in [6.07, 6.45) is 10.5. The van der Waals surface area contributed by atoms with Gasteiger partial charge in [-0.25, -0.2) is 4.98 Å². The first-order valence-corrected chi connectivity index (χ1v) is 23.4. The first-order valence-electron chi connectivity index (χ1n) is 23.4. The summed E-state index contributed by atoms with van der Waals surface area (Å²) in [6.45, 7) is 2.17. The molecule has 2 atom stereocenters. The van der Waals surface area contributed by atoms with Crippen molar-refractivity contribution in [3.8, 4) is 44.8 Å². The van der Waals surface area contributed by atoms with Gasteiger partial charge in [-0.1, -0.05) is 200 Å². The molecule has 0 saturated carbocycles. The number of nitrogens with one attached hydrogen (secondary N) is 2. The molecule has 2 heterocycles. The van der Waals surface area contributed by atoms with Crippen LogP contribution in [-0.4, -0.2) is 4.98 Å². The summed E-state index contributed by atoms with van der Waals surface area (Å²) in [4.78, 5) is 5.91. The standard InChI is InChI=1S/C64H51N3/c1-44-18-8-14-31-59(44)65-62(38-45-19-4-2-5-20-45)54-28-17-30-56(42-54)64-58(52-37-35-47-22-10-12-26-50(47)40-52)43-57(51-36-34-46-21-9-11-25-49(46)39-51)63(67-64)55-29-16-27-53(41-55)61-32-7-3-6-23-48-24-13-15-33-60(48)66-61/h2-22,24-37,39-43,61-62,65-66H,23,38H2,1H3/b6-3-,32-7-. The molecule has 11 rings (SSSR count). The van der Waals surface area contributed by atoms with Gasteiger partial charge in [0.2, 0.25) is 0 Å². The number of nitrogens with zero attached hydrogens (tertiary/aromatic N) is 1. The Hall–Kier alpha value is -8.27. The molecule has 322 valence electrons. The van der Waals surface area contributed by atoms with Crippen molar-refractivity contribution in [3.05, 3.63) is 271 Å². The molecule has 0 spiro atoms. The summed E-state index contributed by atoms with van der Waals surface area (Å²) >= 11 is 0. The van der Waals surface area contributed by atoms with Gasteiger partial charge in [0, 0.05) is 33.6 Å². The second kappa shape index (κ2) is 18.7. The van der Waals surface area contributed by atoms with Crippen LogP contribution >= 0.6 is 0 Å². The maximum Gasteiger partial charge on any atom is 0.0788 e. The zero-order valence-corrected chi connectivity index (χ0v) is 37.6. The van der Waals surface area contributed by atoms with Gasteiger partial charge >= 0.3 is 0 Å². The first-order chi connectivity index (χ1) is 33.1. The van der Waals surface area contributed by atoms with Gasteiger partial charge in [-0.15, -0.1) is 0 Å². The van der Waals surface area contributed by atoms with Crippen molar-refractivity contribution in [3.63, 3.8) is 0 Å². The van der Waals surface area contributed by atoms with Crippen LogP contribution < -0.4 is 10.6 Å². The molecule has 1 aromatic heterocycles. The molecular weight excluding hydrogens is 811 g/mol. The van der Waals surface area contributed by atoms with Crippen molar-refractivity contribution in [2.45, 2.75) is 31.8 Å². The third kappa shape index (κ3) is 8.93. The minimum absolute atomic E-state index is 0.00842. The van der Waals surface area contributed by atoms with E-state index < -0.39 is 0 Å². The number of aromatic nitrogens is 1. The summed E-state index contributed by atoms with van der Waals surface area (Å²) in [7, 11) is 0. The van der Waals surface area contributed by atoms with Crippen molar-refractivity contribution >= 4 is 32.9 Å². The summed E-state index contributed by atoms with van der Waals surface area (Å²) < 4.78 is 0. The van der Waals surface area contributed by atoms with Crippen molar-refractivity contribution in [2.24, 2.45) is 0 Å². The highest BCUT2D eigenvalue weighted by atomic mass is 14.9. The van der Waals surface area contributed by atoms with Gasteiger partial charge in [0.15, 0.2) is 0 Å². The average molecular weight is 862 g/mol. The summed E-state index contributed by atoms with van der Waals surface area (Å²) in [5, 5.41) is 12.7. The molecule has 10 aromatic rings. The number of rotatable bonds is 10. The number of hydrogen-bond donors (Lipinski definition) is 2. The number of anilines is 2. The molecule has 0 fully saturated rings. The Labute approximate surface area is 393 Å². The van der Waals surface area contributed by atoms with Gasteiger partial charge in [-0.2, -0.15) is 0 Å². The minimum Gasteiger partial charge on any atom is -0.378 e. The third-order valence-corrected chi connectivity index (χ3v) is 13.2. The number of fused-ring (bicyclic) bond motifs is 3. The number of aryl methyl sites for hydroxylation is 1. The summed E-state index contributed by atoms with van der Waals surface area (Å²) in [6, 6.07) is 79.2. The molecule has 1 aliphatic heterocycles. The number of allylic oxidation sites excluding steroid dienone is 3. The molecule has 0 saturated heterocycles. The van der Waals surface area contributed by atoms with Crippen LogP contribution in [0.4, 0.5) is 11.4 Å². The van der Waals surface area contributed by atoms with Crippen LogP contribution in [0.1, 0.15) is 39.9 Å². The predicted molar refractivity (Wildman–Crippen MR) is 283 cm³/mol. The first kappa shape index (κ1) is 41.4. The Bertz CT molecular complexity index is 3450. The molecule has 3 nitrogen and oxygen atoms in total. The second-order valence-electron chi connectivity index (χ2n) is 17.7. The lowest BCUT2D eigenvalue weighted by Crippen LogP contribution is -2.14. The van der Waals surface area contributed by atoms with Crippen LogP contribution in [0.3, 0.4) is 0 Å². The van der Waals surface area contributed by atoms with Crippen molar-refractivity contribution in [1.82, 2.24) is 4.98 Å². The lowest BCUT2D eigenvalue weighted by atomic mass is 9.89. The predicted octanol–water partition coefficient (Wildman–Crippen LogP) is 16.6. The van der Waals surface area contributed by atoms with Crippen molar-refractivity contribution < 1.29 is 0 Å². The molecule has 0 aliphatic carbocycles. The van der Waals surface area contributed by atoms with E-state index in [1.165, 1.54) is 49.4 Å². The number of hydrogen-bond acceptors (Lipinski definition) is 3. The van der Waals surface area contributed by atoms with Crippen LogP contribution in [0.15, 0.2) is 243 Å². The van der Waals surface area contributed by atoms with Crippen LogP contribution in [0.25, 0.3) is 66.3 Å². The molecule has 0 radical (unpaired) electrons. The lowest BCUT2D eigenvalue weighted by Gasteiger charge is -2.23.